The molecule has 0 aliphatic heterocycles. The fourth-order valence-corrected chi connectivity index (χ4v) is 3.67. The first-order chi connectivity index (χ1) is 8.86. The highest BCUT2D eigenvalue weighted by Crippen LogP contribution is 2.52. The summed E-state index contributed by atoms with van der Waals surface area (Å²) < 4.78 is 5.61. The SMILES string of the molecule is CCCCOc1ccc(C2CC3CCC2C3)cn1. The van der Waals surface area contributed by atoms with Gasteiger partial charge in [-0.1, -0.05) is 25.8 Å². The fraction of sp³-hybridized carbons (Fsp3) is 0.688. The predicted molar refractivity (Wildman–Crippen MR) is 72.8 cm³/mol. The topological polar surface area (TPSA) is 22.1 Å². The van der Waals surface area contributed by atoms with Crippen molar-refractivity contribution in [2.45, 2.75) is 51.4 Å². The molecule has 1 aromatic heterocycles. The molecule has 3 unspecified atom stereocenters. The minimum absolute atomic E-state index is 0.779. The van der Waals surface area contributed by atoms with E-state index in [4.69, 9.17) is 4.74 Å². The second-order valence-corrected chi connectivity index (χ2v) is 5.91. The number of nitrogens with zero attached hydrogens (tertiary/aromatic N) is 1. The van der Waals surface area contributed by atoms with Gasteiger partial charge in [-0.05, 0) is 49.0 Å². The molecular formula is C16H23NO. The molecule has 0 N–H and O–H groups in total. The van der Waals surface area contributed by atoms with Crippen LogP contribution in [0.25, 0.3) is 0 Å². The molecule has 2 aliphatic carbocycles. The van der Waals surface area contributed by atoms with Crippen molar-refractivity contribution in [2.24, 2.45) is 11.8 Å². The zero-order valence-corrected chi connectivity index (χ0v) is 11.3. The van der Waals surface area contributed by atoms with E-state index >= 15 is 0 Å². The summed E-state index contributed by atoms with van der Waals surface area (Å²) in [6.45, 7) is 2.96. The quantitative estimate of drug-likeness (QED) is 0.726. The van der Waals surface area contributed by atoms with Crippen molar-refractivity contribution in [1.82, 2.24) is 4.98 Å². The highest BCUT2D eigenvalue weighted by molar-refractivity contribution is 5.24. The summed E-state index contributed by atoms with van der Waals surface area (Å²) in [5.41, 5.74) is 1.44. The Morgan fingerprint density at radius 3 is 2.83 bits per heavy atom. The van der Waals surface area contributed by atoms with Crippen LogP contribution in [0.2, 0.25) is 0 Å². The zero-order chi connectivity index (χ0) is 12.4. The highest BCUT2D eigenvalue weighted by Gasteiger charge is 2.40. The van der Waals surface area contributed by atoms with Crippen LogP contribution in [0.3, 0.4) is 0 Å². The van der Waals surface area contributed by atoms with Crippen molar-refractivity contribution < 1.29 is 4.74 Å². The molecule has 1 heterocycles. The molecule has 0 amide bonds. The Balaban J connectivity index is 1.61. The third kappa shape index (κ3) is 2.38. The molecule has 2 heteroatoms. The van der Waals surface area contributed by atoms with E-state index in [0.29, 0.717) is 0 Å². The zero-order valence-electron chi connectivity index (χ0n) is 11.3. The molecule has 0 spiro atoms. The number of rotatable bonds is 5. The average molecular weight is 245 g/mol. The molecule has 2 bridgehead atoms. The van der Waals surface area contributed by atoms with E-state index in [-0.39, 0.29) is 0 Å². The lowest BCUT2D eigenvalue weighted by Crippen LogP contribution is -2.09. The Labute approximate surface area is 110 Å². The van der Waals surface area contributed by atoms with E-state index in [0.717, 1.165) is 36.7 Å². The van der Waals surface area contributed by atoms with Gasteiger partial charge in [0.15, 0.2) is 0 Å². The van der Waals surface area contributed by atoms with Gasteiger partial charge in [-0.15, -0.1) is 0 Å². The molecule has 2 saturated carbocycles. The monoisotopic (exact) mass is 245 g/mol. The van der Waals surface area contributed by atoms with Crippen LogP contribution in [0.15, 0.2) is 18.3 Å². The molecular weight excluding hydrogens is 222 g/mol. The van der Waals surface area contributed by atoms with E-state index in [1.165, 1.54) is 37.7 Å². The standard InChI is InChI=1S/C16H23NO/c1-2-3-8-18-16-7-6-14(11-17-16)15-10-12-4-5-13(15)9-12/h6-7,11-13,15H,2-5,8-10H2,1H3. The van der Waals surface area contributed by atoms with Gasteiger partial charge in [-0.25, -0.2) is 4.98 Å². The van der Waals surface area contributed by atoms with Crippen molar-refractivity contribution in [3.63, 3.8) is 0 Å². The van der Waals surface area contributed by atoms with Crippen LogP contribution in [0.4, 0.5) is 0 Å². The minimum Gasteiger partial charge on any atom is -0.478 e. The maximum atomic E-state index is 5.61. The van der Waals surface area contributed by atoms with Crippen molar-refractivity contribution in [3.05, 3.63) is 23.9 Å². The van der Waals surface area contributed by atoms with E-state index < -0.39 is 0 Å². The Hall–Kier alpha value is -1.05. The fourth-order valence-electron chi connectivity index (χ4n) is 3.67. The van der Waals surface area contributed by atoms with Gasteiger partial charge in [0, 0.05) is 12.3 Å². The summed E-state index contributed by atoms with van der Waals surface area (Å²) in [5, 5.41) is 0. The largest absolute Gasteiger partial charge is 0.478 e. The third-order valence-electron chi connectivity index (χ3n) is 4.67. The summed E-state index contributed by atoms with van der Waals surface area (Å²) in [5.74, 6) is 3.50. The van der Waals surface area contributed by atoms with Crippen LogP contribution in [0.5, 0.6) is 5.88 Å². The highest BCUT2D eigenvalue weighted by atomic mass is 16.5. The van der Waals surface area contributed by atoms with Gasteiger partial charge in [0.2, 0.25) is 5.88 Å². The lowest BCUT2D eigenvalue weighted by atomic mass is 9.84. The molecule has 1 aromatic rings. The average Bonchev–Trinajstić information content (AvgIpc) is 3.02. The molecule has 0 radical (unpaired) electrons. The first kappa shape index (κ1) is 12.0. The van der Waals surface area contributed by atoms with Crippen LogP contribution in [0, 0.1) is 11.8 Å². The second-order valence-electron chi connectivity index (χ2n) is 5.91. The van der Waals surface area contributed by atoms with E-state index in [2.05, 4.69) is 24.0 Å². The Bertz CT molecular complexity index is 387. The van der Waals surface area contributed by atoms with Crippen LogP contribution >= 0.6 is 0 Å². The maximum Gasteiger partial charge on any atom is 0.213 e. The second kappa shape index (κ2) is 5.29. The van der Waals surface area contributed by atoms with Crippen LogP contribution < -0.4 is 4.74 Å². The van der Waals surface area contributed by atoms with Crippen LogP contribution in [-0.4, -0.2) is 11.6 Å². The molecule has 98 valence electrons. The van der Waals surface area contributed by atoms with Gasteiger partial charge in [0.1, 0.15) is 0 Å². The predicted octanol–water partition coefficient (Wildman–Crippen LogP) is 4.16. The first-order valence-corrected chi connectivity index (χ1v) is 7.45. The first-order valence-electron chi connectivity index (χ1n) is 7.45. The molecule has 2 fully saturated rings. The van der Waals surface area contributed by atoms with Gasteiger partial charge in [0.25, 0.3) is 0 Å². The van der Waals surface area contributed by atoms with Crippen molar-refractivity contribution in [3.8, 4) is 5.88 Å². The number of unbranched alkanes of at least 4 members (excludes halogenated alkanes) is 1. The van der Waals surface area contributed by atoms with Gasteiger partial charge in [-0.2, -0.15) is 0 Å². The molecule has 3 atom stereocenters. The van der Waals surface area contributed by atoms with Crippen molar-refractivity contribution in [1.29, 1.82) is 0 Å². The van der Waals surface area contributed by atoms with E-state index in [9.17, 15) is 0 Å². The Morgan fingerprint density at radius 1 is 1.28 bits per heavy atom. The molecule has 2 aliphatic rings. The van der Waals surface area contributed by atoms with Crippen molar-refractivity contribution in [2.75, 3.05) is 6.61 Å². The maximum absolute atomic E-state index is 5.61. The summed E-state index contributed by atoms with van der Waals surface area (Å²) >= 11 is 0. The van der Waals surface area contributed by atoms with Gasteiger partial charge >= 0.3 is 0 Å². The molecule has 0 saturated heterocycles. The normalized spacial score (nSPS) is 29.7. The van der Waals surface area contributed by atoms with E-state index in [1.807, 2.05) is 6.20 Å². The third-order valence-corrected chi connectivity index (χ3v) is 4.67. The summed E-state index contributed by atoms with van der Waals surface area (Å²) in [4.78, 5) is 4.46. The Kier molecular flexibility index (Phi) is 3.53. The van der Waals surface area contributed by atoms with Gasteiger partial charge < -0.3 is 4.74 Å². The number of hydrogen-bond donors (Lipinski definition) is 0. The molecule has 3 rings (SSSR count). The Morgan fingerprint density at radius 2 is 2.22 bits per heavy atom. The summed E-state index contributed by atoms with van der Waals surface area (Å²) in [6.07, 6.45) is 10.1. The van der Waals surface area contributed by atoms with Gasteiger partial charge in [0.05, 0.1) is 6.61 Å². The van der Waals surface area contributed by atoms with Crippen LogP contribution in [-0.2, 0) is 0 Å². The number of fused-ring (bicyclic) bond motifs is 2. The van der Waals surface area contributed by atoms with E-state index in [1.54, 1.807) is 0 Å². The van der Waals surface area contributed by atoms with Crippen molar-refractivity contribution >= 4 is 0 Å². The number of aromatic nitrogens is 1. The van der Waals surface area contributed by atoms with Gasteiger partial charge in [-0.3, -0.25) is 0 Å². The number of ether oxygens (including phenoxy) is 1. The minimum atomic E-state index is 0.779. The lowest BCUT2D eigenvalue weighted by molar-refractivity contribution is 0.297. The number of pyridine rings is 1. The lowest BCUT2D eigenvalue weighted by Gasteiger charge is -2.21. The molecule has 2 nitrogen and oxygen atoms in total. The summed E-state index contributed by atoms with van der Waals surface area (Å²) in [6, 6.07) is 4.29. The van der Waals surface area contributed by atoms with Crippen LogP contribution in [0.1, 0.15) is 56.9 Å². The molecule has 18 heavy (non-hydrogen) atoms. The molecule has 0 aromatic carbocycles. The summed E-state index contributed by atoms with van der Waals surface area (Å²) in [7, 11) is 0. The number of hydrogen-bond acceptors (Lipinski definition) is 2. The smallest absolute Gasteiger partial charge is 0.213 e.